The SMILES string of the molecule is CC(C)Oc1ccc(-c2c(C#N)c(N)nc3c2CC(CC(=O)O)CC3)cc1CO. The average molecular weight is 395 g/mol. The molecule has 0 radical (unpaired) electrons. The number of rotatable bonds is 6. The first kappa shape index (κ1) is 20.6. The van der Waals surface area contributed by atoms with Crippen molar-refractivity contribution in [2.24, 2.45) is 5.92 Å². The number of nitrogen functional groups attached to an aromatic ring is 1. The van der Waals surface area contributed by atoms with E-state index in [0.29, 0.717) is 29.7 Å². The van der Waals surface area contributed by atoms with Crippen LogP contribution in [0.2, 0.25) is 0 Å². The van der Waals surface area contributed by atoms with E-state index < -0.39 is 5.97 Å². The maximum Gasteiger partial charge on any atom is 0.303 e. The number of aryl methyl sites for hydroxylation is 1. The van der Waals surface area contributed by atoms with Crippen molar-refractivity contribution in [3.63, 3.8) is 0 Å². The number of carbonyl (C=O) groups is 1. The van der Waals surface area contributed by atoms with Crippen LogP contribution in [0.1, 0.15) is 49.1 Å². The van der Waals surface area contributed by atoms with Crippen LogP contribution >= 0.6 is 0 Å². The van der Waals surface area contributed by atoms with E-state index in [2.05, 4.69) is 11.1 Å². The second kappa shape index (κ2) is 8.50. The van der Waals surface area contributed by atoms with Crippen molar-refractivity contribution in [3.8, 4) is 22.9 Å². The molecule has 4 N–H and O–H groups in total. The number of hydrogen-bond donors (Lipinski definition) is 3. The Hall–Kier alpha value is -3.11. The van der Waals surface area contributed by atoms with Crippen LogP contribution in [0, 0.1) is 17.2 Å². The Kier molecular flexibility index (Phi) is 6.04. The van der Waals surface area contributed by atoms with Crippen molar-refractivity contribution in [2.75, 3.05) is 5.73 Å². The molecule has 2 aromatic rings. The van der Waals surface area contributed by atoms with Gasteiger partial charge in [0, 0.05) is 23.2 Å². The summed E-state index contributed by atoms with van der Waals surface area (Å²) in [5.74, 6) is -0.0892. The lowest BCUT2D eigenvalue weighted by Gasteiger charge is -2.26. The summed E-state index contributed by atoms with van der Waals surface area (Å²) in [4.78, 5) is 15.6. The molecule has 0 spiro atoms. The Morgan fingerprint density at radius 3 is 2.83 bits per heavy atom. The van der Waals surface area contributed by atoms with Crippen molar-refractivity contribution in [3.05, 3.63) is 40.6 Å². The number of hydrogen-bond acceptors (Lipinski definition) is 6. The van der Waals surface area contributed by atoms with Gasteiger partial charge in [-0.1, -0.05) is 6.07 Å². The van der Waals surface area contributed by atoms with Crippen LogP contribution in [0.25, 0.3) is 11.1 Å². The van der Waals surface area contributed by atoms with E-state index in [0.717, 1.165) is 23.2 Å². The fourth-order valence-corrected chi connectivity index (χ4v) is 3.93. The van der Waals surface area contributed by atoms with Crippen molar-refractivity contribution in [1.82, 2.24) is 4.98 Å². The summed E-state index contributed by atoms with van der Waals surface area (Å²) < 4.78 is 5.75. The van der Waals surface area contributed by atoms with Gasteiger partial charge in [0.15, 0.2) is 0 Å². The third kappa shape index (κ3) is 4.33. The highest BCUT2D eigenvalue weighted by atomic mass is 16.5. The number of aliphatic carboxylic acids is 1. The number of anilines is 1. The van der Waals surface area contributed by atoms with Crippen LogP contribution in [0.5, 0.6) is 5.75 Å². The Bertz CT molecular complexity index is 979. The summed E-state index contributed by atoms with van der Waals surface area (Å²) in [5, 5.41) is 28.7. The summed E-state index contributed by atoms with van der Waals surface area (Å²) in [6, 6.07) is 7.58. The van der Waals surface area contributed by atoms with Gasteiger partial charge in [0.05, 0.1) is 12.7 Å². The number of ether oxygens (including phenoxy) is 1. The van der Waals surface area contributed by atoms with E-state index in [9.17, 15) is 20.3 Å². The number of aliphatic hydroxyl groups excluding tert-OH is 1. The molecular formula is C22H25N3O4. The van der Waals surface area contributed by atoms with Gasteiger partial charge in [-0.3, -0.25) is 4.79 Å². The summed E-state index contributed by atoms with van der Waals surface area (Å²) in [6.45, 7) is 3.61. The zero-order valence-corrected chi connectivity index (χ0v) is 16.6. The number of carboxylic acids is 1. The lowest BCUT2D eigenvalue weighted by Crippen LogP contribution is -2.21. The van der Waals surface area contributed by atoms with Gasteiger partial charge in [0.25, 0.3) is 0 Å². The minimum atomic E-state index is -0.832. The van der Waals surface area contributed by atoms with Gasteiger partial charge >= 0.3 is 5.97 Å². The lowest BCUT2D eigenvalue weighted by molar-refractivity contribution is -0.138. The maximum absolute atomic E-state index is 11.2. The third-order valence-corrected chi connectivity index (χ3v) is 5.15. The molecule has 0 fully saturated rings. The van der Waals surface area contributed by atoms with E-state index in [-0.39, 0.29) is 36.4 Å². The highest BCUT2D eigenvalue weighted by Crippen LogP contribution is 2.39. The molecule has 0 amide bonds. The fourth-order valence-electron chi connectivity index (χ4n) is 3.93. The summed E-state index contributed by atoms with van der Waals surface area (Å²) in [7, 11) is 0. The zero-order chi connectivity index (χ0) is 21.1. The van der Waals surface area contributed by atoms with E-state index >= 15 is 0 Å². The number of fused-ring (bicyclic) bond motifs is 1. The molecule has 1 heterocycles. The maximum atomic E-state index is 11.2. The molecule has 1 atom stereocenters. The average Bonchev–Trinajstić information content (AvgIpc) is 2.66. The summed E-state index contributed by atoms with van der Waals surface area (Å²) in [6.07, 6.45) is 1.91. The number of nitrogens with zero attached hydrogens (tertiary/aromatic N) is 2. The molecule has 1 unspecified atom stereocenters. The quantitative estimate of drug-likeness (QED) is 0.685. The Balaban J connectivity index is 2.15. The first-order valence-corrected chi connectivity index (χ1v) is 9.67. The molecule has 0 saturated carbocycles. The first-order chi connectivity index (χ1) is 13.8. The van der Waals surface area contributed by atoms with Crippen LogP contribution in [-0.4, -0.2) is 27.3 Å². The Morgan fingerprint density at radius 2 is 2.21 bits per heavy atom. The number of nitrogens with two attached hydrogens (primary N) is 1. The molecule has 1 aromatic carbocycles. The van der Waals surface area contributed by atoms with Crippen LogP contribution in [0.15, 0.2) is 18.2 Å². The minimum absolute atomic E-state index is 0.0171. The van der Waals surface area contributed by atoms with E-state index in [1.165, 1.54) is 0 Å². The number of benzene rings is 1. The lowest BCUT2D eigenvalue weighted by atomic mass is 9.80. The zero-order valence-electron chi connectivity index (χ0n) is 16.6. The van der Waals surface area contributed by atoms with Crippen molar-refractivity contribution >= 4 is 11.8 Å². The molecule has 7 heteroatoms. The van der Waals surface area contributed by atoms with Crippen LogP contribution in [-0.2, 0) is 24.2 Å². The van der Waals surface area contributed by atoms with Crippen LogP contribution < -0.4 is 10.5 Å². The molecule has 0 aliphatic heterocycles. The van der Waals surface area contributed by atoms with E-state index in [1.807, 2.05) is 19.9 Å². The minimum Gasteiger partial charge on any atom is -0.491 e. The molecule has 3 rings (SSSR count). The van der Waals surface area contributed by atoms with Crippen LogP contribution in [0.4, 0.5) is 5.82 Å². The number of aliphatic hydroxyl groups is 1. The van der Waals surface area contributed by atoms with Crippen molar-refractivity contribution in [2.45, 2.75) is 52.2 Å². The van der Waals surface area contributed by atoms with Crippen molar-refractivity contribution < 1.29 is 19.7 Å². The molecule has 152 valence electrons. The van der Waals surface area contributed by atoms with Crippen LogP contribution in [0.3, 0.4) is 0 Å². The monoisotopic (exact) mass is 395 g/mol. The van der Waals surface area contributed by atoms with E-state index in [4.69, 9.17) is 10.5 Å². The molecule has 1 aliphatic carbocycles. The van der Waals surface area contributed by atoms with Gasteiger partial charge < -0.3 is 20.7 Å². The topological polar surface area (TPSA) is 129 Å². The van der Waals surface area contributed by atoms with Gasteiger partial charge in [0.2, 0.25) is 0 Å². The number of aromatic nitrogens is 1. The number of pyridine rings is 1. The second-order valence-corrected chi connectivity index (χ2v) is 7.64. The number of carboxylic acid groups (broad SMARTS) is 1. The predicted octanol–water partition coefficient (Wildman–Crippen LogP) is 3.06. The van der Waals surface area contributed by atoms with Gasteiger partial charge in [0.1, 0.15) is 23.2 Å². The Morgan fingerprint density at radius 1 is 1.45 bits per heavy atom. The standard InChI is InChI=1S/C22H25N3O4/c1-12(2)29-19-6-4-14(9-15(19)11-26)21-16-7-13(8-20(27)28)3-5-18(16)25-22(24)17(21)10-23/h4,6,9,12-13,26H,3,5,7-8,11H2,1-2H3,(H2,24,25)(H,27,28). The molecule has 1 aromatic heterocycles. The summed E-state index contributed by atoms with van der Waals surface area (Å²) >= 11 is 0. The normalized spacial score (nSPS) is 15.6. The Labute approximate surface area is 169 Å². The smallest absolute Gasteiger partial charge is 0.303 e. The molecule has 1 aliphatic rings. The highest BCUT2D eigenvalue weighted by molar-refractivity contribution is 5.80. The molecule has 0 saturated heterocycles. The largest absolute Gasteiger partial charge is 0.491 e. The predicted molar refractivity (Wildman–Crippen MR) is 108 cm³/mol. The van der Waals surface area contributed by atoms with Gasteiger partial charge in [-0.2, -0.15) is 5.26 Å². The number of nitriles is 1. The molecular weight excluding hydrogens is 370 g/mol. The third-order valence-electron chi connectivity index (χ3n) is 5.15. The molecule has 7 nitrogen and oxygen atoms in total. The first-order valence-electron chi connectivity index (χ1n) is 9.67. The highest BCUT2D eigenvalue weighted by Gasteiger charge is 2.28. The molecule has 0 bridgehead atoms. The second-order valence-electron chi connectivity index (χ2n) is 7.64. The summed E-state index contributed by atoms with van der Waals surface area (Å²) in [5.41, 5.74) is 10.1. The fraction of sp³-hybridized carbons (Fsp3) is 0.409. The van der Waals surface area contributed by atoms with Gasteiger partial charge in [-0.25, -0.2) is 4.98 Å². The van der Waals surface area contributed by atoms with E-state index in [1.54, 1.807) is 12.1 Å². The molecule has 29 heavy (non-hydrogen) atoms. The van der Waals surface area contributed by atoms with Gasteiger partial charge in [-0.15, -0.1) is 0 Å². The van der Waals surface area contributed by atoms with Crippen molar-refractivity contribution in [1.29, 1.82) is 5.26 Å². The van der Waals surface area contributed by atoms with Gasteiger partial charge in [-0.05, 0) is 62.3 Å².